The molecule has 6 heteroatoms. The molecule has 0 aliphatic carbocycles. The van der Waals surface area contributed by atoms with Gasteiger partial charge in [0, 0.05) is 6.54 Å². The maximum atomic E-state index is 12.8. The number of benzene rings is 2. The zero-order valence-corrected chi connectivity index (χ0v) is 13.7. The van der Waals surface area contributed by atoms with Crippen molar-refractivity contribution in [3.63, 3.8) is 0 Å². The Labute approximate surface area is 140 Å². The summed E-state index contributed by atoms with van der Waals surface area (Å²) in [6, 6.07) is 11.1. The van der Waals surface area contributed by atoms with Crippen LogP contribution in [0.1, 0.15) is 5.56 Å². The number of amides is 1. The number of methoxy groups -OCH3 is 2. The number of rotatable bonds is 8. The first-order valence-electron chi connectivity index (χ1n) is 7.48. The number of carbonyl (C=O) groups excluding carboxylic acids is 1. The van der Waals surface area contributed by atoms with Crippen molar-refractivity contribution in [3.8, 4) is 17.2 Å². The van der Waals surface area contributed by atoms with Crippen LogP contribution in [0.2, 0.25) is 0 Å². The number of halogens is 1. The lowest BCUT2D eigenvalue weighted by Crippen LogP contribution is -2.30. The van der Waals surface area contributed by atoms with Crippen LogP contribution in [0.5, 0.6) is 17.2 Å². The molecule has 2 rings (SSSR count). The van der Waals surface area contributed by atoms with Gasteiger partial charge in [-0.2, -0.15) is 0 Å². The zero-order valence-electron chi connectivity index (χ0n) is 13.7. The molecule has 5 nitrogen and oxygen atoms in total. The van der Waals surface area contributed by atoms with Crippen LogP contribution in [0.4, 0.5) is 4.39 Å². The van der Waals surface area contributed by atoms with E-state index in [2.05, 4.69) is 5.32 Å². The van der Waals surface area contributed by atoms with Gasteiger partial charge in [0.15, 0.2) is 18.1 Å². The van der Waals surface area contributed by atoms with Gasteiger partial charge in [0.05, 0.1) is 14.2 Å². The lowest BCUT2D eigenvalue weighted by atomic mass is 10.1. The summed E-state index contributed by atoms with van der Waals surface area (Å²) in [6.07, 6.45) is 0.655. The second-order valence-electron chi connectivity index (χ2n) is 5.03. The number of hydrogen-bond donors (Lipinski definition) is 1. The first kappa shape index (κ1) is 17.6. The molecule has 2 aromatic rings. The summed E-state index contributed by atoms with van der Waals surface area (Å²) in [5.41, 5.74) is 1.02. The summed E-state index contributed by atoms with van der Waals surface area (Å²) in [5.74, 6) is 1.19. The van der Waals surface area contributed by atoms with Crippen LogP contribution in [-0.4, -0.2) is 33.3 Å². The molecule has 0 fully saturated rings. The van der Waals surface area contributed by atoms with Gasteiger partial charge in [-0.05, 0) is 48.4 Å². The highest BCUT2D eigenvalue weighted by Gasteiger charge is 2.06. The summed E-state index contributed by atoms with van der Waals surface area (Å²) < 4.78 is 28.5. The summed E-state index contributed by atoms with van der Waals surface area (Å²) in [5, 5.41) is 2.77. The fourth-order valence-electron chi connectivity index (χ4n) is 2.11. The quantitative estimate of drug-likeness (QED) is 0.807. The number of carbonyl (C=O) groups is 1. The van der Waals surface area contributed by atoms with E-state index in [1.165, 1.54) is 24.3 Å². The minimum atomic E-state index is -0.346. The lowest BCUT2D eigenvalue weighted by molar-refractivity contribution is -0.123. The van der Waals surface area contributed by atoms with Gasteiger partial charge in [-0.15, -0.1) is 0 Å². The molecule has 0 aromatic heterocycles. The number of hydrogen-bond acceptors (Lipinski definition) is 4. The van der Waals surface area contributed by atoms with E-state index in [9.17, 15) is 9.18 Å². The van der Waals surface area contributed by atoms with Crippen molar-refractivity contribution in [3.05, 3.63) is 53.8 Å². The topological polar surface area (TPSA) is 56.8 Å². The molecule has 0 unspecified atom stereocenters. The Bertz CT molecular complexity index is 673. The second kappa shape index (κ2) is 8.76. The molecule has 0 radical (unpaired) electrons. The van der Waals surface area contributed by atoms with Crippen LogP contribution < -0.4 is 19.5 Å². The smallest absolute Gasteiger partial charge is 0.257 e. The van der Waals surface area contributed by atoms with E-state index in [1.54, 1.807) is 14.2 Å². The fraction of sp³-hybridized carbons (Fsp3) is 0.278. The molecule has 2 aromatic carbocycles. The van der Waals surface area contributed by atoms with Gasteiger partial charge in [0.1, 0.15) is 11.6 Å². The summed E-state index contributed by atoms with van der Waals surface area (Å²) in [4.78, 5) is 11.7. The van der Waals surface area contributed by atoms with Crippen LogP contribution in [-0.2, 0) is 11.2 Å². The Morgan fingerprint density at radius 3 is 2.42 bits per heavy atom. The lowest BCUT2D eigenvalue weighted by Gasteiger charge is -2.10. The van der Waals surface area contributed by atoms with Crippen molar-refractivity contribution < 1.29 is 23.4 Å². The van der Waals surface area contributed by atoms with E-state index in [-0.39, 0.29) is 18.3 Å². The van der Waals surface area contributed by atoms with Gasteiger partial charge in [0.25, 0.3) is 5.91 Å². The van der Waals surface area contributed by atoms with Gasteiger partial charge in [-0.25, -0.2) is 4.39 Å². The first-order valence-corrected chi connectivity index (χ1v) is 7.48. The zero-order chi connectivity index (χ0) is 17.4. The van der Waals surface area contributed by atoms with E-state index in [0.717, 1.165) is 5.56 Å². The van der Waals surface area contributed by atoms with E-state index < -0.39 is 0 Å². The van der Waals surface area contributed by atoms with Crippen LogP contribution >= 0.6 is 0 Å². The van der Waals surface area contributed by atoms with Gasteiger partial charge in [-0.1, -0.05) is 6.07 Å². The van der Waals surface area contributed by atoms with Crippen molar-refractivity contribution >= 4 is 5.91 Å². The third-order valence-corrected chi connectivity index (χ3v) is 3.37. The molecule has 0 heterocycles. The standard InChI is InChI=1S/C18H20FNO4/c1-22-16-8-3-13(11-17(16)23-2)9-10-20-18(21)12-24-15-6-4-14(19)5-7-15/h3-8,11H,9-10,12H2,1-2H3,(H,20,21). The highest BCUT2D eigenvalue weighted by atomic mass is 19.1. The Morgan fingerprint density at radius 1 is 1.04 bits per heavy atom. The van der Waals surface area contributed by atoms with Gasteiger partial charge in [-0.3, -0.25) is 4.79 Å². The Hall–Kier alpha value is -2.76. The third kappa shape index (κ3) is 5.15. The van der Waals surface area contributed by atoms with Crippen molar-refractivity contribution in [2.75, 3.05) is 27.4 Å². The normalized spacial score (nSPS) is 10.1. The van der Waals surface area contributed by atoms with Crippen LogP contribution in [0.15, 0.2) is 42.5 Å². The van der Waals surface area contributed by atoms with Crippen LogP contribution in [0.25, 0.3) is 0 Å². The molecule has 0 saturated heterocycles. The maximum Gasteiger partial charge on any atom is 0.257 e. The Kier molecular flexibility index (Phi) is 6.42. The summed E-state index contributed by atoms with van der Waals surface area (Å²) in [7, 11) is 3.16. The molecule has 128 valence electrons. The predicted molar refractivity (Wildman–Crippen MR) is 88.2 cm³/mol. The second-order valence-corrected chi connectivity index (χ2v) is 5.03. The average molecular weight is 333 g/mol. The van der Waals surface area contributed by atoms with Crippen LogP contribution in [0, 0.1) is 5.82 Å². The first-order chi connectivity index (χ1) is 11.6. The summed E-state index contributed by atoms with van der Waals surface area (Å²) >= 11 is 0. The molecular weight excluding hydrogens is 313 g/mol. The van der Waals surface area contributed by atoms with Crippen molar-refractivity contribution in [2.45, 2.75) is 6.42 Å². The minimum Gasteiger partial charge on any atom is -0.493 e. The maximum absolute atomic E-state index is 12.8. The van der Waals surface area contributed by atoms with Crippen LogP contribution in [0.3, 0.4) is 0 Å². The Morgan fingerprint density at radius 2 is 1.75 bits per heavy atom. The highest BCUT2D eigenvalue weighted by molar-refractivity contribution is 5.77. The number of nitrogens with one attached hydrogen (secondary N) is 1. The molecule has 0 aliphatic heterocycles. The average Bonchev–Trinajstić information content (AvgIpc) is 2.61. The predicted octanol–water partition coefficient (Wildman–Crippen LogP) is 2.58. The van der Waals surface area contributed by atoms with E-state index in [4.69, 9.17) is 14.2 Å². The molecule has 0 aliphatic rings. The molecule has 0 bridgehead atoms. The Balaban J connectivity index is 1.75. The van der Waals surface area contributed by atoms with Crippen molar-refractivity contribution in [2.24, 2.45) is 0 Å². The molecule has 1 amide bonds. The van der Waals surface area contributed by atoms with E-state index in [0.29, 0.717) is 30.2 Å². The highest BCUT2D eigenvalue weighted by Crippen LogP contribution is 2.27. The van der Waals surface area contributed by atoms with Crippen molar-refractivity contribution in [1.82, 2.24) is 5.32 Å². The molecule has 0 saturated carbocycles. The molecule has 1 N–H and O–H groups in total. The van der Waals surface area contributed by atoms with Gasteiger partial charge in [0.2, 0.25) is 0 Å². The number of ether oxygens (including phenoxy) is 3. The summed E-state index contributed by atoms with van der Waals surface area (Å²) in [6.45, 7) is 0.360. The van der Waals surface area contributed by atoms with Gasteiger partial charge >= 0.3 is 0 Å². The molecule has 0 spiro atoms. The van der Waals surface area contributed by atoms with E-state index >= 15 is 0 Å². The monoisotopic (exact) mass is 333 g/mol. The minimum absolute atomic E-state index is 0.114. The molecule has 24 heavy (non-hydrogen) atoms. The third-order valence-electron chi connectivity index (χ3n) is 3.37. The molecule has 0 atom stereocenters. The van der Waals surface area contributed by atoms with E-state index in [1.807, 2.05) is 18.2 Å². The largest absolute Gasteiger partial charge is 0.493 e. The molecular formula is C18H20FNO4. The fourth-order valence-corrected chi connectivity index (χ4v) is 2.11. The van der Waals surface area contributed by atoms with Crippen molar-refractivity contribution in [1.29, 1.82) is 0 Å². The SMILES string of the molecule is COc1ccc(CCNC(=O)COc2ccc(F)cc2)cc1OC. The van der Waals surface area contributed by atoms with Gasteiger partial charge < -0.3 is 19.5 Å².